The lowest BCUT2D eigenvalue weighted by atomic mass is 10.1. The second-order valence-electron chi connectivity index (χ2n) is 5.34. The molecule has 0 amide bonds. The molecule has 2 N–H and O–H groups in total. The van der Waals surface area contributed by atoms with Crippen LogP contribution in [0.1, 0.15) is 33.2 Å². The van der Waals surface area contributed by atoms with Crippen molar-refractivity contribution < 1.29 is 15.0 Å². The van der Waals surface area contributed by atoms with Gasteiger partial charge in [-0.05, 0) is 42.7 Å². The highest BCUT2D eigenvalue weighted by molar-refractivity contribution is 8.04. The summed E-state index contributed by atoms with van der Waals surface area (Å²) in [5.74, 6) is 0.306. The van der Waals surface area contributed by atoms with Gasteiger partial charge >= 0.3 is 0 Å². The summed E-state index contributed by atoms with van der Waals surface area (Å²) in [6, 6.07) is 12.0. The average molecular weight is 312 g/mol. The van der Waals surface area contributed by atoms with Crippen molar-refractivity contribution in [2.45, 2.75) is 18.6 Å². The highest BCUT2D eigenvalue weighted by Crippen LogP contribution is 2.45. The Labute approximate surface area is 133 Å². The number of hydrogen-bond donors (Lipinski definition) is 2. The number of rotatable bonds is 3. The summed E-state index contributed by atoms with van der Waals surface area (Å²) in [5, 5.41) is 19.4. The second kappa shape index (κ2) is 5.89. The third kappa shape index (κ3) is 2.88. The molecule has 4 heteroatoms. The standard InChI is InChI=1S/C18H16O3S/c1-11-5-6-12(10-15(11)20)16-7-8-17(22-16)18(21)13-3-2-4-14(19)9-13/h2-6,8-10,16,19-20H,7H2,1H3. The predicted molar refractivity (Wildman–Crippen MR) is 88.3 cm³/mol. The summed E-state index contributed by atoms with van der Waals surface area (Å²) in [6.45, 7) is 1.86. The normalized spacial score (nSPS) is 17.3. The Balaban J connectivity index is 1.76. The fourth-order valence-corrected chi connectivity index (χ4v) is 3.63. The van der Waals surface area contributed by atoms with Gasteiger partial charge in [-0.15, -0.1) is 11.8 Å². The van der Waals surface area contributed by atoms with E-state index in [0.29, 0.717) is 10.5 Å². The van der Waals surface area contributed by atoms with Crippen LogP contribution in [-0.2, 0) is 0 Å². The van der Waals surface area contributed by atoms with E-state index >= 15 is 0 Å². The molecule has 0 saturated heterocycles. The molecular formula is C18H16O3S. The maximum Gasteiger partial charge on any atom is 0.199 e. The number of phenolic OH excluding ortho intramolecular Hbond substituents is 2. The number of Topliss-reactive ketones (excluding diaryl/α,β-unsaturated/α-hetero) is 1. The average Bonchev–Trinajstić information content (AvgIpc) is 2.99. The van der Waals surface area contributed by atoms with Crippen LogP contribution in [0.5, 0.6) is 11.5 Å². The van der Waals surface area contributed by atoms with E-state index in [1.165, 1.54) is 17.8 Å². The first-order valence-electron chi connectivity index (χ1n) is 7.04. The highest BCUT2D eigenvalue weighted by Gasteiger charge is 2.25. The van der Waals surface area contributed by atoms with Crippen LogP contribution in [0.4, 0.5) is 0 Å². The van der Waals surface area contributed by atoms with Crippen LogP contribution in [-0.4, -0.2) is 16.0 Å². The molecule has 0 spiro atoms. The van der Waals surface area contributed by atoms with Crippen molar-refractivity contribution in [3.05, 3.63) is 70.1 Å². The number of aromatic hydroxyl groups is 2. The number of aryl methyl sites for hydroxylation is 1. The van der Waals surface area contributed by atoms with Crippen LogP contribution in [0.2, 0.25) is 0 Å². The zero-order valence-corrected chi connectivity index (χ0v) is 12.9. The van der Waals surface area contributed by atoms with Crippen molar-refractivity contribution in [2.24, 2.45) is 0 Å². The van der Waals surface area contributed by atoms with Crippen molar-refractivity contribution in [1.29, 1.82) is 0 Å². The molecular weight excluding hydrogens is 296 g/mol. The molecule has 1 aliphatic rings. The predicted octanol–water partition coefficient (Wildman–Crippen LogP) is 4.35. The number of ketones is 1. The van der Waals surface area contributed by atoms with Gasteiger partial charge in [-0.3, -0.25) is 4.79 Å². The number of thioether (sulfide) groups is 1. The van der Waals surface area contributed by atoms with Crippen LogP contribution in [0.25, 0.3) is 0 Å². The minimum absolute atomic E-state index is 0.0697. The summed E-state index contributed by atoms with van der Waals surface area (Å²) in [5.41, 5.74) is 2.35. The van der Waals surface area contributed by atoms with Gasteiger partial charge < -0.3 is 10.2 Å². The fourth-order valence-electron chi connectivity index (χ4n) is 2.43. The van der Waals surface area contributed by atoms with Gasteiger partial charge in [-0.25, -0.2) is 0 Å². The number of allylic oxidation sites excluding steroid dienone is 2. The van der Waals surface area contributed by atoms with E-state index in [-0.39, 0.29) is 22.5 Å². The SMILES string of the molecule is Cc1ccc(C2CC=C(C(=O)c3cccc(O)c3)S2)cc1O. The van der Waals surface area contributed by atoms with Crippen LogP contribution in [0.3, 0.4) is 0 Å². The van der Waals surface area contributed by atoms with Gasteiger partial charge in [0.25, 0.3) is 0 Å². The number of hydrogen-bond acceptors (Lipinski definition) is 4. The van der Waals surface area contributed by atoms with Crippen molar-refractivity contribution in [2.75, 3.05) is 0 Å². The lowest BCUT2D eigenvalue weighted by molar-refractivity contribution is 0.104. The molecule has 1 aliphatic heterocycles. The number of carbonyl (C=O) groups excluding carboxylic acids is 1. The van der Waals surface area contributed by atoms with Gasteiger partial charge in [0.05, 0.1) is 4.91 Å². The molecule has 3 nitrogen and oxygen atoms in total. The lowest BCUT2D eigenvalue weighted by Crippen LogP contribution is -1.99. The molecule has 1 heterocycles. The van der Waals surface area contributed by atoms with Crippen molar-refractivity contribution in [3.8, 4) is 11.5 Å². The molecule has 1 unspecified atom stereocenters. The summed E-state index contributed by atoms with van der Waals surface area (Å²) < 4.78 is 0. The van der Waals surface area contributed by atoms with E-state index in [1.54, 1.807) is 24.3 Å². The van der Waals surface area contributed by atoms with E-state index in [9.17, 15) is 15.0 Å². The van der Waals surface area contributed by atoms with Crippen LogP contribution in [0, 0.1) is 6.92 Å². The zero-order chi connectivity index (χ0) is 15.7. The van der Waals surface area contributed by atoms with Crippen LogP contribution < -0.4 is 0 Å². The third-order valence-corrected chi connectivity index (χ3v) is 5.08. The summed E-state index contributed by atoms with van der Waals surface area (Å²) >= 11 is 1.51. The molecule has 0 saturated carbocycles. The minimum Gasteiger partial charge on any atom is -0.508 e. The van der Waals surface area contributed by atoms with Crippen LogP contribution in [0.15, 0.2) is 53.4 Å². The van der Waals surface area contributed by atoms with Crippen molar-refractivity contribution >= 4 is 17.5 Å². The van der Waals surface area contributed by atoms with Gasteiger partial charge in [0, 0.05) is 10.8 Å². The van der Waals surface area contributed by atoms with Crippen molar-refractivity contribution in [1.82, 2.24) is 0 Å². The molecule has 0 aliphatic carbocycles. The van der Waals surface area contributed by atoms with Gasteiger partial charge in [-0.2, -0.15) is 0 Å². The maximum atomic E-state index is 12.4. The molecule has 0 radical (unpaired) electrons. The maximum absolute atomic E-state index is 12.4. The van der Waals surface area contributed by atoms with E-state index in [1.807, 2.05) is 25.1 Å². The van der Waals surface area contributed by atoms with Crippen LogP contribution >= 0.6 is 11.8 Å². The van der Waals surface area contributed by atoms with Gasteiger partial charge in [0.15, 0.2) is 5.78 Å². The van der Waals surface area contributed by atoms with E-state index in [2.05, 4.69) is 0 Å². The minimum atomic E-state index is -0.0697. The molecule has 0 fully saturated rings. The number of benzene rings is 2. The Morgan fingerprint density at radius 3 is 2.73 bits per heavy atom. The fraction of sp³-hybridized carbons (Fsp3) is 0.167. The number of phenols is 2. The monoisotopic (exact) mass is 312 g/mol. The molecule has 2 aromatic rings. The Morgan fingerprint density at radius 1 is 1.18 bits per heavy atom. The summed E-state index contributed by atoms with van der Waals surface area (Å²) in [7, 11) is 0. The van der Waals surface area contributed by atoms with E-state index in [4.69, 9.17) is 0 Å². The Morgan fingerprint density at radius 2 is 2.00 bits per heavy atom. The second-order valence-corrected chi connectivity index (χ2v) is 6.58. The van der Waals surface area contributed by atoms with Crippen molar-refractivity contribution in [3.63, 3.8) is 0 Å². The molecule has 1 atom stereocenters. The topological polar surface area (TPSA) is 57.5 Å². The summed E-state index contributed by atoms with van der Waals surface area (Å²) in [4.78, 5) is 13.1. The van der Waals surface area contributed by atoms with Gasteiger partial charge in [0.1, 0.15) is 11.5 Å². The molecule has 2 aromatic carbocycles. The third-order valence-electron chi connectivity index (χ3n) is 3.72. The molecule has 3 rings (SSSR count). The Hall–Kier alpha value is -2.20. The van der Waals surface area contributed by atoms with E-state index in [0.717, 1.165) is 17.5 Å². The Bertz CT molecular complexity index is 765. The quantitative estimate of drug-likeness (QED) is 0.827. The summed E-state index contributed by atoms with van der Waals surface area (Å²) in [6.07, 6.45) is 2.69. The van der Waals surface area contributed by atoms with Gasteiger partial charge in [0.2, 0.25) is 0 Å². The first-order chi connectivity index (χ1) is 10.5. The first-order valence-corrected chi connectivity index (χ1v) is 7.92. The molecule has 112 valence electrons. The first kappa shape index (κ1) is 14.7. The largest absolute Gasteiger partial charge is 0.508 e. The molecule has 0 aromatic heterocycles. The van der Waals surface area contributed by atoms with E-state index < -0.39 is 0 Å². The van der Waals surface area contributed by atoms with Gasteiger partial charge in [-0.1, -0.05) is 30.3 Å². The zero-order valence-electron chi connectivity index (χ0n) is 12.1. The number of carbonyl (C=O) groups is 1. The molecule has 0 bridgehead atoms. The smallest absolute Gasteiger partial charge is 0.199 e. The lowest BCUT2D eigenvalue weighted by Gasteiger charge is -2.11. The Kier molecular flexibility index (Phi) is 3.94. The molecule has 22 heavy (non-hydrogen) atoms. The highest BCUT2D eigenvalue weighted by atomic mass is 32.2.